The van der Waals surface area contributed by atoms with Crippen molar-refractivity contribution in [1.29, 1.82) is 0 Å². The van der Waals surface area contributed by atoms with Crippen LogP contribution in [0.15, 0.2) is 29.4 Å². The molecule has 2 aromatic rings. The molecule has 7 nitrogen and oxygen atoms in total. The predicted octanol–water partition coefficient (Wildman–Crippen LogP) is 2.84. The highest BCUT2D eigenvalue weighted by Gasteiger charge is 2.14. The first-order chi connectivity index (χ1) is 12.5. The first-order valence-corrected chi connectivity index (χ1v) is 9.80. The molecule has 8 heteroatoms. The van der Waals surface area contributed by atoms with Crippen LogP contribution in [0.25, 0.3) is 11.4 Å². The standard InChI is InChI=1S/C18H27N5O2S/c1-4-5-6-7-13(2)20-16(24)12-26-18-22-21-17(23(18)19)14-8-10-15(25-3)11-9-14/h8-11,13H,4-7,12,19H2,1-3H3,(H,20,24). The Balaban J connectivity index is 1.88. The molecular formula is C18H27N5O2S. The quantitative estimate of drug-likeness (QED) is 0.376. The third kappa shape index (κ3) is 5.66. The minimum atomic E-state index is -0.0204. The number of methoxy groups -OCH3 is 1. The van der Waals surface area contributed by atoms with E-state index in [1.54, 1.807) is 7.11 Å². The van der Waals surface area contributed by atoms with E-state index < -0.39 is 0 Å². The molecule has 0 saturated carbocycles. The number of carbonyl (C=O) groups is 1. The van der Waals surface area contributed by atoms with Crippen LogP contribution in [0.1, 0.15) is 39.5 Å². The number of carbonyl (C=O) groups excluding carboxylic acids is 1. The molecule has 1 atom stereocenters. The number of hydrogen-bond acceptors (Lipinski definition) is 6. The predicted molar refractivity (Wildman–Crippen MR) is 105 cm³/mol. The van der Waals surface area contributed by atoms with Crippen LogP contribution in [0.4, 0.5) is 0 Å². The number of hydrogen-bond donors (Lipinski definition) is 2. The number of nitrogens with zero attached hydrogens (tertiary/aromatic N) is 3. The maximum Gasteiger partial charge on any atom is 0.230 e. The molecule has 3 N–H and O–H groups in total. The lowest BCUT2D eigenvalue weighted by Crippen LogP contribution is -2.33. The van der Waals surface area contributed by atoms with Crippen LogP contribution in [0, 0.1) is 0 Å². The molecule has 0 aliphatic carbocycles. The number of aromatic nitrogens is 3. The van der Waals surface area contributed by atoms with Gasteiger partial charge in [-0.05, 0) is 37.6 Å². The second-order valence-corrected chi connectivity index (χ2v) is 7.10. The third-order valence-electron chi connectivity index (χ3n) is 3.99. The minimum Gasteiger partial charge on any atom is -0.497 e. The summed E-state index contributed by atoms with van der Waals surface area (Å²) >= 11 is 1.28. The highest BCUT2D eigenvalue weighted by atomic mass is 32.2. The molecule has 0 saturated heterocycles. The highest BCUT2D eigenvalue weighted by molar-refractivity contribution is 7.99. The third-order valence-corrected chi connectivity index (χ3v) is 4.94. The zero-order valence-corrected chi connectivity index (χ0v) is 16.4. The maximum atomic E-state index is 12.1. The fraction of sp³-hybridized carbons (Fsp3) is 0.500. The van der Waals surface area contributed by atoms with Gasteiger partial charge < -0.3 is 15.9 Å². The molecule has 0 radical (unpaired) electrons. The summed E-state index contributed by atoms with van der Waals surface area (Å²) in [6.07, 6.45) is 4.50. The van der Waals surface area contributed by atoms with Gasteiger partial charge in [-0.1, -0.05) is 37.9 Å². The van der Waals surface area contributed by atoms with E-state index in [0.717, 1.165) is 24.2 Å². The van der Waals surface area contributed by atoms with E-state index in [2.05, 4.69) is 22.4 Å². The zero-order valence-electron chi connectivity index (χ0n) is 15.6. The van der Waals surface area contributed by atoms with Crippen molar-refractivity contribution in [3.63, 3.8) is 0 Å². The molecule has 1 heterocycles. The van der Waals surface area contributed by atoms with Crippen molar-refractivity contribution in [3.8, 4) is 17.1 Å². The first kappa shape index (κ1) is 20.1. The van der Waals surface area contributed by atoms with E-state index >= 15 is 0 Å². The average molecular weight is 378 g/mol. The van der Waals surface area contributed by atoms with E-state index in [0.29, 0.717) is 11.0 Å². The van der Waals surface area contributed by atoms with Crippen LogP contribution >= 0.6 is 11.8 Å². The second-order valence-electron chi connectivity index (χ2n) is 6.16. The van der Waals surface area contributed by atoms with Gasteiger partial charge in [0.2, 0.25) is 11.1 Å². The van der Waals surface area contributed by atoms with Crippen molar-refractivity contribution >= 4 is 17.7 Å². The lowest BCUT2D eigenvalue weighted by atomic mass is 10.1. The molecule has 142 valence electrons. The Bertz CT molecular complexity index is 702. The summed E-state index contributed by atoms with van der Waals surface area (Å²) in [6, 6.07) is 7.59. The Morgan fingerprint density at radius 2 is 2.04 bits per heavy atom. The maximum absolute atomic E-state index is 12.1. The van der Waals surface area contributed by atoms with Gasteiger partial charge in [0, 0.05) is 11.6 Å². The summed E-state index contributed by atoms with van der Waals surface area (Å²) in [6.45, 7) is 4.20. The van der Waals surface area contributed by atoms with E-state index in [1.165, 1.54) is 29.3 Å². The Labute approximate surface area is 158 Å². The number of ether oxygens (including phenoxy) is 1. The number of rotatable bonds is 10. The number of benzene rings is 1. The van der Waals surface area contributed by atoms with Gasteiger partial charge in [0.15, 0.2) is 5.82 Å². The van der Waals surface area contributed by atoms with Crippen molar-refractivity contribution in [3.05, 3.63) is 24.3 Å². The van der Waals surface area contributed by atoms with E-state index in [-0.39, 0.29) is 17.7 Å². The molecule has 0 bridgehead atoms. The number of thioether (sulfide) groups is 1. The fourth-order valence-electron chi connectivity index (χ4n) is 2.53. The zero-order chi connectivity index (χ0) is 18.9. The van der Waals surface area contributed by atoms with Crippen LogP contribution in [0.5, 0.6) is 5.75 Å². The van der Waals surface area contributed by atoms with Gasteiger partial charge in [-0.15, -0.1) is 10.2 Å². The largest absolute Gasteiger partial charge is 0.497 e. The monoisotopic (exact) mass is 377 g/mol. The second kappa shape index (κ2) is 10.1. The molecule has 0 fully saturated rings. The number of nitrogen functional groups attached to an aromatic ring is 1. The van der Waals surface area contributed by atoms with Crippen molar-refractivity contribution in [2.24, 2.45) is 0 Å². The van der Waals surface area contributed by atoms with Crippen molar-refractivity contribution in [1.82, 2.24) is 20.2 Å². The van der Waals surface area contributed by atoms with Crippen LogP contribution in [-0.4, -0.2) is 39.7 Å². The number of unbranched alkanes of at least 4 members (excludes halogenated alkanes) is 2. The summed E-state index contributed by atoms with van der Waals surface area (Å²) in [7, 11) is 1.62. The molecule has 1 unspecified atom stereocenters. The molecule has 2 rings (SSSR count). The van der Waals surface area contributed by atoms with Gasteiger partial charge in [-0.25, -0.2) is 4.68 Å². The first-order valence-electron chi connectivity index (χ1n) is 8.82. The van der Waals surface area contributed by atoms with Gasteiger partial charge >= 0.3 is 0 Å². The molecule has 1 aromatic carbocycles. The highest BCUT2D eigenvalue weighted by Crippen LogP contribution is 2.23. The molecule has 0 aliphatic rings. The summed E-state index contributed by atoms with van der Waals surface area (Å²) in [5.41, 5.74) is 0.835. The summed E-state index contributed by atoms with van der Waals surface area (Å²) in [5.74, 6) is 7.63. The van der Waals surface area contributed by atoms with Crippen LogP contribution < -0.4 is 15.9 Å². The topological polar surface area (TPSA) is 95.1 Å². The molecule has 1 amide bonds. The van der Waals surface area contributed by atoms with E-state index in [1.807, 2.05) is 31.2 Å². The summed E-state index contributed by atoms with van der Waals surface area (Å²) in [5, 5.41) is 11.7. The Morgan fingerprint density at radius 1 is 1.31 bits per heavy atom. The summed E-state index contributed by atoms with van der Waals surface area (Å²) in [4.78, 5) is 12.1. The van der Waals surface area contributed by atoms with Gasteiger partial charge in [0.1, 0.15) is 5.75 Å². The van der Waals surface area contributed by atoms with E-state index in [9.17, 15) is 4.79 Å². The number of amides is 1. The minimum absolute atomic E-state index is 0.0204. The molecule has 26 heavy (non-hydrogen) atoms. The normalized spacial score (nSPS) is 12.0. The number of nitrogens with one attached hydrogen (secondary N) is 1. The molecule has 0 aliphatic heterocycles. The van der Waals surface area contributed by atoms with Crippen molar-refractivity contribution in [2.75, 3.05) is 18.7 Å². The van der Waals surface area contributed by atoms with Gasteiger partial charge in [-0.2, -0.15) is 0 Å². The van der Waals surface area contributed by atoms with Gasteiger partial charge in [0.05, 0.1) is 12.9 Å². The fourth-order valence-corrected chi connectivity index (χ4v) is 3.20. The van der Waals surface area contributed by atoms with Crippen molar-refractivity contribution < 1.29 is 9.53 Å². The number of nitrogens with two attached hydrogens (primary N) is 1. The van der Waals surface area contributed by atoms with Crippen LogP contribution in [0.2, 0.25) is 0 Å². The summed E-state index contributed by atoms with van der Waals surface area (Å²) < 4.78 is 6.55. The van der Waals surface area contributed by atoms with Gasteiger partial charge in [0.25, 0.3) is 0 Å². The SMILES string of the molecule is CCCCCC(C)NC(=O)CSc1nnc(-c2ccc(OC)cc2)n1N. The smallest absolute Gasteiger partial charge is 0.230 e. The Kier molecular flexibility index (Phi) is 7.77. The molecule has 0 spiro atoms. The lowest BCUT2D eigenvalue weighted by molar-refractivity contribution is -0.119. The Morgan fingerprint density at radius 3 is 2.69 bits per heavy atom. The lowest BCUT2D eigenvalue weighted by Gasteiger charge is -2.13. The van der Waals surface area contributed by atoms with Crippen LogP contribution in [-0.2, 0) is 4.79 Å². The van der Waals surface area contributed by atoms with Crippen LogP contribution in [0.3, 0.4) is 0 Å². The van der Waals surface area contributed by atoms with Gasteiger partial charge in [-0.3, -0.25) is 4.79 Å². The van der Waals surface area contributed by atoms with Crippen molar-refractivity contribution in [2.45, 2.75) is 50.7 Å². The van der Waals surface area contributed by atoms with E-state index in [4.69, 9.17) is 10.6 Å². The molecule has 1 aromatic heterocycles. The molecular weight excluding hydrogens is 350 g/mol. The average Bonchev–Trinajstić information content (AvgIpc) is 3.01. The Hall–Kier alpha value is -2.22.